The lowest BCUT2D eigenvalue weighted by molar-refractivity contribution is -0.121. The fraction of sp³-hybridized carbons (Fsp3) is 0.294. The lowest BCUT2D eigenvalue weighted by Crippen LogP contribution is -2.27. The Labute approximate surface area is 277 Å². The summed E-state index contributed by atoms with van der Waals surface area (Å²) in [6.07, 6.45) is 7.35. The van der Waals surface area contributed by atoms with Crippen LogP contribution in [-0.4, -0.2) is 59.5 Å². The van der Waals surface area contributed by atoms with Crippen molar-refractivity contribution < 1.29 is 39.5 Å². The van der Waals surface area contributed by atoms with E-state index < -0.39 is 0 Å². The molecular weight excluding hydrogens is 635 g/mol. The number of phenols is 4. The molecular formula is C34H38Cl2N2O8. The van der Waals surface area contributed by atoms with Gasteiger partial charge in [0.15, 0.2) is 23.0 Å². The van der Waals surface area contributed by atoms with Crippen LogP contribution in [0.3, 0.4) is 0 Å². The summed E-state index contributed by atoms with van der Waals surface area (Å²) in [5.74, 6) is 0.149. The number of rotatable bonds is 12. The summed E-state index contributed by atoms with van der Waals surface area (Å²) in [6.45, 7) is 1.01. The number of hydrogen-bond acceptors (Lipinski definition) is 8. The van der Waals surface area contributed by atoms with Gasteiger partial charge < -0.3 is 40.5 Å². The van der Waals surface area contributed by atoms with Crippen LogP contribution in [0, 0.1) is 0 Å². The third kappa shape index (κ3) is 11.4. The normalized spacial score (nSPS) is 12.2. The highest BCUT2D eigenvalue weighted by Crippen LogP contribution is 2.32. The molecule has 0 bridgehead atoms. The van der Waals surface area contributed by atoms with E-state index in [1.807, 2.05) is 30.3 Å². The van der Waals surface area contributed by atoms with Crippen LogP contribution in [0.25, 0.3) is 0 Å². The van der Waals surface area contributed by atoms with Crippen LogP contribution in [0.4, 0.5) is 0 Å². The van der Waals surface area contributed by atoms with Gasteiger partial charge in [-0.2, -0.15) is 0 Å². The zero-order valence-electron chi connectivity index (χ0n) is 25.6. The smallest absolute Gasteiger partial charge is 0.224 e. The van der Waals surface area contributed by atoms with Gasteiger partial charge in [0.2, 0.25) is 11.8 Å². The third-order valence-electron chi connectivity index (χ3n) is 7.04. The first-order valence-electron chi connectivity index (χ1n) is 14.5. The Morgan fingerprint density at radius 3 is 1.83 bits per heavy atom. The van der Waals surface area contributed by atoms with Crippen LogP contribution in [0.15, 0.2) is 72.0 Å². The molecule has 46 heavy (non-hydrogen) atoms. The van der Waals surface area contributed by atoms with Gasteiger partial charge in [-0.3, -0.25) is 9.59 Å². The van der Waals surface area contributed by atoms with Crippen molar-refractivity contribution in [3.05, 3.63) is 98.8 Å². The zero-order valence-corrected chi connectivity index (χ0v) is 27.1. The Kier molecular flexibility index (Phi) is 13.9. The van der Waals surface area contributed by atoms with E-state index in [9.17, 15) is 30.0 Å². The number of hydrogen-bond donors (Lipinski definition) is 6. The highest BCUT2D eigenvalue weighted by Gasteiger charge is 2.13. The molecule has 0 heterocycles. The number of carbonyl (C=O) groups is 2. The Morgan fingerprint density at radius 1 is 0.739 bits per heavy atom. The molecule has 4 rings (SSSR count). The van der Waals surface area contributed by atoms with E-state index in [0.717, 1.165) is 36.3 Å². The molecule has 3 aromatic rings. The molecule has 0 saturated heterocycles. The van der Waals surface area contributed by atoms with E-state index >= 15 is 0 Å². The van der Waals surface area contributed by atoms with Crippen LogP contribution < -0.4 is 15.4 Å². The van der Waals surface area contributed by atoms with E-state index in [0.29, 0.717) is 30.6 Å². The number of phenolic OH excluding ortho intramolecular Hbond substituents is 4. The molecule has 0 radical (unpaired) electrons. The maximum atomic E-state index is 12.0. The molecule has 0 fully saturated rings. The highest BCUT2D eigenvalue weighted by molar-refractivity contribution is 6.32. The minimum Gasteiger partial charge on any atom is -0.504 e. The van der Waals surface area contributed by atoms with Crippen molar-refractivity contribution in [1.29, 1.82) is 0 Å². The lowest BCUT2D eigenvalue weighted by Gasteiger charge is -2.14. The van der Waals surface area contributed by atoms with Gasteiger partial charge in [0, 0.05) is 41.7 Å². The Hall–Kier alpha value is -4.54. The Morgan fingerprint density at radius 2 is 1.28 bits per heavy atom. The molecule has 246 valence electrons. The number of aromatic hydroxyl groups is 4. The number of carbonyl (C=O) groups excluding carboxylic acids is 2. The number of halogens is 2. The summed E-state index contributed by atoms with van der Waals surface area (Å²) in [4.78, 5) is 23.9. The standard InChI is InChI=1S/C17H20ClNO4.C17H18ClNO4/c2*1-23-13-4-2-3-11(7-13)5-6-19-17(22)9-12-8-15(20)16(21)10-14(12)18/h3-4,8,10,20-21H,2,5-7,9H2,1H3,(H,19,22);2-4,7-8,10,20-21H,5-6,9H2,1H3,(H,19,22). The van der Waals surface area contributed by atoms with Gasteiger partial charge in [0.25, 0.3) is 0 Å². The number of allylic oxidation sites excluding steroid dienone is 3. The van der Waals surface area contributed by atoms with Crippen molar-refractivity contribution in [3.63, 3.8) is 0 Å². The molecule has 12 heteroatoms. The molecule has 0 unspecified atom stereocenters. The maximum Gasteiger partial charge on any atom is 0.224 e. The van der Waals surface area contributed by atoms with E-state index in [1.165, 1.54) is 29.8 Å². The van der Waals surface area contributed by atoms with Crippen LogP contribution in [0.5, 0.6) is 28.7 Å². The molecule has 10 nitrogen and oxygen atoms in total. The average molecular weight is 674 g/mol. The van der Waals surface area contributed by atoms with Gasteiger partial charge >= 0.3 is 0 Å². The van der Waals surface area contributed by atoms with Crippen molar-refractivity contribution >= 4 is 35.0 Å². The van der Waals surface area contributed by atoms with Crippen LogP contribution in [-0.2, 0) is 33.6 Å². The van der Waals surface area contributed by atoms with Crippen molar-refractivity contribution in [2.24, 2.45) is 0 Å². The maximum absolute atomic E-state index is 12.0. The summed E-state index contributed by atoms with van der Waals surface area (Å²) in [5, 5.41) is 43.7. The van der Waals surface area contributed by atoms with Crippen molar-refractivity contribution in [1.82, 2.24) is 10.6 Å². The molecule has 0 spiro atoms. The summed E-state index contributed by atoms with van der Waals surface area (Å²) in [7, 11) is 3.27. The van der Waals surface area contributed by atoms with E-state index in [4.69, 9.17) is 32.7 Å². The predicted octanol–water partition coefficient (Wildman–Crippen LogP) is 5.71. The second-order valence-electron chi connectivity index (χ2n) is 10.4. The SMILES string of the molecule is COC1=CCC=C(CCNC(=O)Cc2cc(O)c(O)cc2Cl)C1.COc1cccc(CCNC(=O)Cc2cc(O)c(O)cc2Cl)c1. The quantitative estimate of drug-likeness (QED) is 0.105. The molecule has 0 aromatic heterocycles. The monoisotopic (exact) mass is 672 g/mol. The van der Waals surface area contributed by atoms with Gasteiger partial charge in [-0.05, 0) is 66.3 Å². The van der Waals surface area contributed by atoms with Crippen LogP contribution >= 0.6 is 23.2 Å². The molecule has 1 aliphatic carbocycles. The number of benzene rings is 3. The average Bonchev–Trinajstić information content (AvgIpc) is 3.03. The summed E-state index contributed by atoms with van der Waals surface area (Å²) < 4.78 is 10.4. The summed E-state index contributed by atoms with van der Waals surface area (Å²) >= 11 is 11.9. The molecule has 1 aliphatic rings. The van der Waals surface area contributed by atoms with Crippen LogP contribution in [0.1, 0.15) is 36.0 Å². The highest BCUT2D eigenvalue weighted by atomic mass is 35.5. The van der Waals surface area contributed by atoms with Gasteiger partial charge in [0.05, 0.1) is 32.8 Å². The molecule has 3 aromatic carbocycles. The second-order valence-corrected chi connectivity index (χ2v) is 11.2. The van der Waals surface area contributed by atoms with Crippen molar-refractivity contribution in [2.75, 3.05) is 27.3 Å². The first kappa shape index (κ1) is 35.9. The Balaban J connectivity index is 0.000000250. The molecule has 6 N–H and O–H groups in total. The minimum atomic E-state index is -0.308. The van der Waals surface area contributed by atoms with Gasteiger partial charge in [-0.15, -0.1) is 0 Å². The number of methoxy groups -OCH3 is 2. The molecule has 0 aliphatic heterocycles. The molecule has 0 atom stereocenters. The summed E-state index contributed by atoms with van der Waals surface area (Å²) in [6, 6.07) is 12.7. The van der Waals surface area contributed by atoms with Gasteiger partial charge in [-0.1, -0.05) is 47.0 Å². The third-order valence-corrected chi connectivity index (χ3v) is 7.75. The van der Waals surface area contributed by atoms with Crippen LogP contribution in [0.2, 0.25) is 10.0 Å². The van der Waals surface area contributed by atoms with Crippen molar-refractivity contribution in [2.45, 2.75) is 38.5 Å². The Bertz CT molecular complexity index is 1590. The second kappa shape index (κ2) is 17.8. The number of nitrogens with one attached hydrogen (secondary N) is 2. The number of amides is 2. The van der Waals surface area contributed by atoms with Gasteiger partial charge in [0.1, 0.15) is 5.75 Å². The summed E-state index contributed by atoms with van der Waals surface area (Å²) in [5.41, 5.74) is 3.23. The zero-order chi connectivity index (χ0) is 33.6. The fourth-order valence-electron chi connectivity index (χ4n) is 4.54. The van der Waals surface area contributed by atoms with E-state index in [1.54, 1.807) is 14.2 Å². The van der Waals surface area contributed by atoms with E-state index in [2.05, 4.69) is 16.7 Å². The molecule has 2 amide bonds. The van der Waals surface area contributed by atoms with Crippen molar-refractivity contribution in [3.8, 4) is 28.7 Å². The predicted molar refractivity (Wildman–Crippen MR) is 177 cm³/mol. The lowest BCUT2D eigenvalue weighted by atomic mass is 10.0. The topological polar surface area (TPSA) is 158 Å². The minimum absolute atomic E-state index is 0.0325. The molecule has 0 saturated carbocycles. The first-order valence-corrected chi connectivity index (χ1v) is 15.2. The number of ether oxygens (including phenoxy) is 2. The largest absolute Gasteiger partial charge is 0.504 e. The van der Waals surface area contributed by atoms with Gasteiger partial charge in [-0.25, -0.2) is 0 Å². The van der Waals surface area contributed by atoms with E-state index in [-0.39, 0.29) is 57.7 Å². The first-order chi connectivity index (χ1) is 22.0. The fourth-order valence-corrected chi connectivity index (χ4v) is 4.99.